The van der Waals surface area contributed by atoms with Crippen molar-refractivity contribution in [3.8, 4) is 0 Å². The molecule has 0 bridgehead atoms. The third-order valence-electron chi connectivity index (χ3n) is 2.75. The van der Waals surface area contributed by atoms with E-state index in [4.69, 9.17) is 5.11 Å². The average molecular weight is 241 g/mol. The zero-order valence-corrected chi connectivity index (χ0v) is 10.6. The predicted octanol–water partition coefficient (Wildman–Crippen LogP) is 1.81. The van der Waals surface area contributed by atoms with Crippen LogP contribution < -0.4 is 5.32 Å². The maximum atomic E-state index is 11.6. The molecular weight excluding hydrogens is 222 g/mol. The van der Waals surface area contributed by atoms with Crippen LogP contribution in [0.25, 0.3) is 0 Å². The van der Waals surface area contributed by atoms with E-state index >= 15 is 0 Å². The number of nitrogens with one attached hydrogen (secondary N) is 1. The van der Waals surface area contributed by atoms with Gasteiger partial charge in [-0.1, -0.05) is 6.92 Å². The predicted molar refractivity (Wildman–Crippen MR) is 66.5 cm³/mol. The molecule has 2 N–H and O–H groups in total. The van der Waals surface area contributed by atoms with Gasteiger partial charge in [-0.3, -0.25) is 4.79 Å². The second-order valence-electron chi connectivity index (χ2n) is 4.15. The Morgan fingerprint density at radius 3 is 2.88 bits per heavy atom. The molecule has 0 aromatic carbocycles. The van der Waals surface area contributed by atoms with Gasteiger partial charge in [-0.25, -0.2) is 0 Å². The molecule has 0 aliphatic heterocycles. The van der Waals surface area contributed by atoms with Crippen LogP contribution in [0.1, 0.15) is 25.8 Å². The van der Waals surface area contributed by atoms with Gasteiger partial charge in [-0.15, -0.1) is 0 Å². The normalized spacial score (nSPS) is 14.4. The Kier molecular flexibility index (Phi) is 5.49. The minimum Gasteiger partial charge on any atom is -0.396 e. The van der Waals surface area contributed by atoms with Crippen molar-refractivity contribution in [3.05, 3.63) is 22.4 Å². The molecular formula is C12H19NO2S. The first kappa shape index (κ1) is 13.2. The summed E-state index contributed by atoms with van der Waals surface area (Å²) in [4.78, 5) is 11.6. The van der Waals surface area contributed by atoms with Crippen LogP contribution in [0.2, 0.25) is 0 Å². The van der Waals surface area contributed by atoms with Crippen LogP contribution in [0.5, 0.6) is 0 Å². The fourth-order valence-corrected chi connectivity index (χ4v) is 2.02. The molecule has 90 valence electrons. The van der Waals surface area contributed by atoms with Gasteiger partial charge in [0.25, 0.3) is 0 Å². The van der Waals surface area contributed by atoms with Crippen molar-refractivity contribution in [2.24, 2.45) is 5.92 Å². The molecule has 2 unspecified atom stereocenters. The van der Waals surface area contributed by atoms with Crippen molar-refractivity contribution in [2.45, 2.75) is 32.7 Å². The number of aryl methyl sites for hydroxylation is 1. The highest BCUT2D eigenvalue weighted by atomic mass is 32.1. The smallest absolute Gasteiger partial charge is 0.220 e. The highest BCUT2D eigenvalue weighted by molar-refractivity contribution is 7.07. The molecule has 16 heavy (non-hydrogen) atoms. The minimum atomic E-state index is 0.0278. The first-order chi connectivity index (χ1) is 7.63. The zero-order chi connectivity index (χ0) is 12.0. The van der Waals surface area contributed by atoms with E-state index in [0.29, 0.717) is 6.42 Å². The molecule has 0 aliphatic carbocycles. The topological polar surface area (TPSA) is 49.3 Å². The number of aliphatic hydroxyl groups excluding tert-OH is 1. The molecule has 0 saturated carbocycles. The van der Waals surface area contributed by atoms with Crippen LogP contribution in [-0.2, 0) is 11.2 Å². The molecule has 0 radical (unpaired) electrons. The standard InChI is InChI=1S/C12H19NO2S/c1-9(7-14)10(2)13-12(15)4-3-11-5-6-16-8-11/h5-6,8-10,14H,3-4,7H2,1-2H3,(H,13,15). The Balaban J connectivity index is 2.25. The van der Waals surface area contributed by atoms with E-state index in [1.54, 1.807) is 11.3 Å². The number of aliphatic hydroxyl groups is 1. The van der Waals surface area contributed by atoms with Gasteiger partial charge < -0.3 is 10.4 Å². The molecule has 2 atom stereocenters. The van der Waals surface area contributed by atoms with Crippen molar-refractivity contribution >= 4 is 17.2 Å². The lowest BCUT2D eigenvalue weighted by Gasteiger charge is -2.19. The van der Waals surface area contributed by atoms with Gasteiger partial charge in [-0.05, 0) is 41.7 Å². The third-order valence-corrected chi connectivity index (χ3v) is 3.48. The maximum Gasteiger partial charge on any atom is 0.220 e. The van der Waals surface area contributed by atoms with Crippen LogP contribution in [0, 0.1) is 5.92 Å². The summed E-state index contributed by atoms with van der Waals surface area (Å²) in [6.45, 7) is 3.94. The van der Waals surface area contributed by atoms with Gasteiger partial charge in [0.2, 0.25) is 5.91 Å². The maximum absolute atomic E-state index is 11.6. The Labute approximate surface area is 100 Å². The minimum absolute atomic E-state index is 0.0278. The van der Waals surface area contributed by atoms with Crippen molar-refractivity contribution in [1.82, 2.24) is 5.32 Å². The Morgan fingerprint density at radius 2 is 2.31 bits per heavy atom. The van der Waals surface area contributed by atoms with E-state index < -0.39 is 0 Å². The van der Waals surface area contributed by atoms with Crippen LogP contribution in [0.4, 0.5) is 0 Å². The largest absolute Gasteiger partial charge is 0.396 e. The van der Waals surface area contributed by atoms with E-state index in [0.717, 1.165) is 6.42 Å². The van der Waals surface area contributed by atoms with Crippen LogP contribution in [0.3, 0.4) is 0 Å². The third kappa shape index (κ3) is 4.33. The second-order valence-corrected chi connectivity index (χ2v) is 4.93. The molecule has 1 aromatic rings. The quantitative estimate of drug-likeness (QED) is 0.798. The summed E-state index contributed by atoms with van der Waals surface area (Å²) in [5.74, 6) is 0.157. The van der Waals surface area contributed by atoms with Gasteiger partial charge in [0, 0.05) is 19.1 Å². The highest BCUT2D eigenvalue weighted by Crippen LogP contribution is 2.08. The van der Waals surface area contributed by atoms with Crippen LogP contribution in [0.15, 0.2) is 16.8 Å². The second kappa shape index (κ2) is 6.66. The number of carbonyl (C=O) groups excluding carboxylic acids is 1. The van der Waals surface area contributed by atoms with E-state index in [-0.39, 0.29) is 24.5 Å². The molecule has 3 nitrogen and oxygen atoms in total. The van der Waals surface area contributed by atoms with Crippen molar-refractivity contribution in [3.63, 3.8) is 0 Å². The van der Waals surface area contributed by atoms with E-state index in [1.807, 2.05) is 25.3 Å². The van der Waals surface area contributed by atoms with Crippen molar-refractivity contribution in [2.75, 3.05) is 6.61 Å². The molecule has 0 aliphatic rings. The Hall–Kier alpha value is -0.870. The molecule has 0 saturated heterocycles. The summed E-state index contributed by atoms with van der Waals surface area (Å²) in [6.07, 6.45) is 1.30. The van der Waals surface area contributed by atoms with Crippen molar-refractivity contribution < 1.29 is 9.90 Å². The average Bonchev–Trinajstić information content (AvgIpc) is 2.78. The van der Waals surface area contributed by atoms with E-state index in [9.17, 15) is 4.79 Å². The van der Waals surface area contributed by atoms with Crippen LogP contribution in [-0.4, -0.2) is 23.7 Å². The van der Waals surface area contributed by atoms with Gasteiger partial charge >= 0.3 is 0 Å². The monoisotopic (exact) mass is 241 g/mol. The lowest BCUT2D eigenvalue weighted by molar-refractivity contribution is -0.122. The summed E-state index contributed by atoms with van der Waals surface area (Å²) in [7, 11) is 0. The summed E-state index contributed by atoms with van der Waals surface area (Å²) in [5, 5.41) is 15.9. The summed E-state index contributed by atoms with van der Waals surface area (Å²) < 4.78 is 0. The number of amides is 1. The molecule has 0 fully saturated rings. The van der Waals surface area contributed by atoms with Gasteiger partial charge in [0.15, 0.2) is 0 Å². The lowest BCUT2D eigenvalue weighted by Crippen LogP contribution is -2.38. The summed E-state index contributed by atoms with van der Waals surface area (Å²) in [5.41, 5.74) is 1.21. The fourth-order valence-electron chi connectivity index (χ4n) is 1.32. The first-order valence-electron chi connectivity index (χ1n) is 5.54. The van der Waals surface area contributed by atoms with Gasteiger partial charge in [0.1, 0.15) is 0 Å². The van der Waals surface area contributed by atoms with Gasteiger partial charge in [0.05, 0.1) is 0 Å². The van der Waals surface area contributed by atoms with E-state index in [1.165, 1.54) is 5.56 Å². The number of carbonyl (C=O) groups is 1. The first-order valence-corrected chi connectivity index (χ1v) is 6.49. The molecule has 0 spiro atoms. The summed E-state index contributed by atoms with van der Waals surface area (Å²) >= 11 is 1.65. The molecule has 4 heteroatoms. The fraction of sp³-hybridized carbons (Fsp3) is 0.583. The van der Waals surface area contributed by atoms with Gasteiger partial charge in [-0.2, -0.15) is 11.3 Å². The molecule has 1 aromatic heterocycles. The van der Waals surface area contributed by atoms with E-state index in [2.05, 4.69) is 10.7 Å². The Bertz CT molecular complexity index is 311. The number of thiophene rings is 1. The molecule has 1 rings (SSSR count). The zero-order valence-electron chi connectivity index (χ0n) is 9.77. The summed E-state index contributed by atoms with van der Waals surface area (Å²) in [6, 6.07) is 2.07. The number of rotatable bonds is 6. The molecule has 1 heterocycles. The molecule has 1 amide bonds. The van der Waals surface area contributed by atoms with Crippen LogP contribution >= 0.6 is 11.3 Å². The lowest BCUT2D eigenvalue weighted by atomic mass is 10.0. The van der Waals surface area contributed by atoms with Crippen molar-refractivity contribution in [1.29, 1.82) is 0 Å². The number of hydrogen-bond acceptors (Lipinski definition) is 3. The highest BCUT2D eigenvalue weighted by Gasteiger charge is 2.13. The number of hydrogen-bond donors (Lipinski definition) is 2. The SMILES string of the molecule is CC(CO)C(C)NC(=O)CCc1ccsc1. The Morgan fingerprint density at radius 1 is 1.56 bits per heavy atom.